The first-order valence-corrected chi connectivity index (χ1v) is 19.8. The third kappa shape index (κ3) is 4.77. The Morgan fingerprint density at radius 2 is 0.983 bits per heavy atom. The zero-order valence-electron chi connectivity index (χ0n) is 31.4. The van der Waals surface area contributed by atoms with Crippen molar-refractivity contribution in [3.63, 3.8) is 0 Å². The summed E-state index contributed by atoms with van der Waals surface area (Å²) in [6, 6.07) is 63.4. The van der Waals surface area contributed by atoms with Gasteiger partial charge >= 0.3 is 0 Å². The molecule has 0 unspecified atom stereocenters. The van der Waals surface area contributed by atoms with Gasteiger partial charge in [-0.3, -0.25) is 0 Å². The Morgan fingerprint density at radius 3 is 1.85 bits per heavy atom. The van der Waals surface area contributed by atoms with E-state index in [1.165, 1.54) is 21.5 Å². The van der Waals surface area contributed by atoms with Gasteiger partial charge in [-0.25, -0.2) is 15.0 Å². The fourth-order valence-electron chi connectivity index (χ4n) is 9.08. The molecule has 4 aromatic heterocycles. The lowest BCUT2D eigenvalue weighted by molar-refractivity contribution is 0.669. The van der Waals surface area contributed by atoms with Crippen LogP contribution in [0.3, 0.4) is 0 Å². The SMILES string of the molecule is c1ccc(-c2nc(-c3ccc4oc5ccccc5c4c3)nc(-c3cccc4c3oc3c5ccccc5c(-n5c6ccccc6c6cc7ccccc7cc65)cc43)n2)cc1. The van der Waals surface area contributed by atoms with Crippen molar-refractivity contribution in [1.29, 1.82) is 0 Å². The largest absolute Gasteiger partial charge is 0.456 e. The van der Waals surface area contributed by atoms with Crippen LogP contribution in [0.15, 0.2) is 191 Å². The minimum atomic E-state index is 0.537. The van der Waals surface area contributed by atoms with E-state index in [9.17, 15) is 0 Å². The van der Waals surface area contributed by atoms with Crippen LogP contribution in [0.1, 0.15) is 0 Å². The summed E-state index contributed by atoms with van der Waals surface area (Å²) in [5.74, 6) is 1.69. The predicted octanol–water partition coefficient (Wildman–Crippen LogP) is 14.1. The second kappa shape index (κ2) is 12.2. The molecule has 274 valence electrons. The molecular weight excluding hydrogens is 725 g/mol. The number of fused-ring (bicyclic) bond motifs is 12. The molecule has 0 aliphatic carbocycles. The standard InChI is InChI=1S/C53H30N4O2/c1-2-13-31(14-3-1)51-54-52(34-25-26-48-42(28-34)37-19-9-11-24-47(37)58-48)56-53(55-51)40-22-12-21-39-43-30-46(35-17-6-7-20-38(35)50(43)59-49(39)40)57-44-23-10-8-18-36(44)41-27-32-15-4-5-16-33(32)29-45(41)57/h1-30H. The number of aromatic nitrogens is 4. The summed E-state index contributed by atoms with van der Waals surface area (Å²) in [4.78, 5) is 15.4. The summed E-state index contributed by atoms with van der Waals surface area (Å²) in [5, 5.41) is 11.1. The summed E-state index contributed by atoms with van der Waals surface area (Å²) < 4.78 is 15.6. The summed E-state index contributed by atoms with van der Waals surface area (Å²) >= 11 is 0. The van der Waals surface area contributed by atoms with E-state index in [-0.39, 0.29) is 0 Å². The zero-order chi connectivity index (χ0) is 38.6. The lowest BCUT2D eigenvalue weighted by atomic mass is 10.0. The fraction of sp³-hybridized carbons (Fsp3) is 0. The number of benzene rings is 9. The van der Waals surface area contributed by atoms with E-state index in [0.717, 1.165) is 88.1 Å². The Morgan fingerprint density at radius 1 is 0.339 bits per heavy atom. The Hall–Kier alpha value is -8.09. The minimum absolute atomic E-state index is 0.537. The Kier molecular flexibility index (Phi) is 6.63. The molecule has 6 heteroatoms. The number of rotatable bonds is 4. The Labute approximate surface area is 336 Å². The van der Waals surface area contributed by atoms with Gasteiger partial charge in [0.05, 0.1) is 22.3 Å². The van der Waals surface area contributed by atoms with Gasteiger partial charge in [-0.15, -0.1) is 0 Å². The number of hydrogen-bond donors (Lipinski definition) is 0. The van der Waals surface area contributed by atoms with Gasteiger partial charge in [-0.1, -0.05) is 127 Å². The first-order chi connectivity index (χ1) is 29.2. The molecule has 0 fully saturated rings. The molecule has 0 saturated carbocycles. The molecule has 0 saturated heterocycles. The fourth-order valence-corrected chi connectivity index (χ4v) is 9.08. The summed E-state index contributed by atoms with van der Waals surface area (Å²) in [6.07, 6.45) is 0. The van der Waals surface area contributed by atoms with Crippen LogP contribution in [0.2, 0.25) is 0 Å². The number of furan rings is 2. The second-order valence-corrected chi connectivity index (χ2v) is 15.2. The van der Waals surface area contributed by atoms with E-state index in [2.05, 4.69) is 120 Å². The minimum Gasteiger partial charge on any atom is -0.456 e. The third-order valence-electron chi connectivity index (χ3n) is 11.8. The Bertz CT molecular complexity index is 3860. The van der Waals surface area contributed by atoms with Gasteiger partial charge in [0.15, 0.2) is 17.5 Å². The Balaban J connectivity index is 1.07. The van der Waals surface area contributed by atoms with Crippen LogP contribution in [0.25, 0.3) is 127 Å². The third-order valence-corrected chi connectivity index (χ3v) is 11.8. The highest BCUT2D eigenvalue weighted by atomic mass is 16.3. The van der Waals surface area contributed by atoms with Crippen LogP contribution in [-0.2, 0) is 0 Å². The number of hydrogen-bond acceptors (Lipinski definition) is 5. The maximum Gasteiger partial charge on any atom is 0.167 e. The maximum absolute atomic E-state index is 7.02. The van der Waals surface area contributed by atoms with Crippen molar-refractivity contribution in [1.82, 2.24) is 19.5 Å². The average Bonchev–Trinajstić information content (AvgIpc) is 3.97. The van der Waals surface area contributed by atoms with Crippen molar-refractivity contribution in [3.8, 4) is 39.9 Å². The molecule has 13 rings (SSSR count). The van der Waals surface area contributed by atoms with Crippen molar-refractivity contribution in [3.05, 3.63) is 182 Å². The van der Waals surface area contributed by atoms with Gasteiger partial charge in [0.25, 0.3) is 0 Å². The highest BCUT2D eigenvalue weighted by molar-refractivity contribution is 6.21. The first-order valence-electron chi connectivity index (χ1n) is 19.8. The lowest BCUT2D eigenvalue weighted by Gasteiger charge is -2.13. The van der Waals surface area contributed by atoms with Crippen LogP contribution in [-0.4, -0.2) is 19.5 Å². The molecule has 0 bridgehead atoms. The van der Waals surface area contributed by atoms with Gasteiger partial charge in [0.2, 0.25) is 0 Å². The van der Waals surface area contributed by atoms with E-state index in [0.29, 0.717) is 17.5 Å². The van der Waals surface area contributed by atoms with E-state index in [1.807, 2.05) is 66.7 Å². The number of nitrogens with zero attached hydrogens (tertiary/aromatic N) is 4. The molecule has 13 aromatic rings. The maximum atomic E-state index is 7.02. The molecule has 0 amide bonds. The van der Waals surface area contributed by atoms with Gasteiger partial charge in [-0.05, 0) is 65.4 Å². The molecule has 4 heterocycles. The smallest absolute Gasteiger partial charge is 0.167 e. The normalized spacial score (nSPS) is 12.1. The summed E-state index contributed by atoms with van der Waals surface area (Å²) in [5.41, 5.74) is 9.20. The van der Waals surface area contributed by atoms with Gasteiger partial charge in [0, 0.05) is 54.2 Å². The van der Waals surface area contributed by atoms with E-state index in [1.54, 1.807) is 0 Å². The predicted molar refractivity (Wildman–Crippen MR) is 240 cm³/mol. The van der Waals surface area contributed by atoms with Crippen molar-refractivity contribution in [2.75, 3.05) is 0 Å². The molecule has 0 atom stereocenters. The monoisotopic (exact) mass is 754 g/mol. The molecule has 9 aromatic carbocycles. The molecule has 6 nitrogen and oxygen atoms in total. The van der Waals surface area contributed by atoms with Gasteiger partial charge in [-0.2, -0.15) is 0 Å². The molecular formula is C53H30N4O2. The van der Waals surface area contributed by atoms with E-state index < -0.39 is 0 Å². The van der Waals surface area contributed by atoms with Crippen molar-refractivity contribution in [2.45, 2.75) is 0 Å². The molecule has 0 radical (unpaired) electrons. The van der Waals surface area contributed by atoms with Gasteiger partial charge < -0.3 is 13.4 Å². The van der Waals surface area contributed by atoms with Crippen LogP contribution in [0, 0.1) is 0 Å². The lowest BCUT2D eigenvalue weighted by Crippen LogP contribution is -2.00. The van der Waals surface area contributed by atoms with Crippen LogP contribution in [0.5, 0.6) is 0 Å². The van der Waals surface area contributed by atoms with Crippen molar-refractivity contribution < 1.29 is 8.83 Å². The van der Waals surface area contributed by atoms with E-state index >= 15 is 0 Å². The topological polar surface area (TPSA) is 69.9 Å². The van der Waals surface area contributed by atoms with Crippen LogP contribution in [0.4, 0.5) is 0 Å². The summed E-state index contributed by atoms with van der Waals surface area (Å²) in [6.45, 7) is 0. The highest BCUT2D eigenvalue weighted by Crippen LogP contribution is 2.43. The van der Waals surface area contributed by atoms with Crippen LogP contribution < -0.4 is 0 Å². The van der Waals surface area contributed by atoms with E-state index in [4.69, 9.17) is 23.8 Å². The van der Waals surface area contributed by atoms with Gasteiger partial charge in [0.1, 0.15) is 22.3 Å². The zero-order valence-corrected chi connectivity index (χ0v) is 31.4. The molecule has 59 heavy (non-hydrogen) atoms. The summed E-state index contributed by atoms with van der Waals surface area (Å²) in [7, 11) is 0. The second-order valence-electron chi connectivity index (χ2n) is 15.2. The van der Waals surface area contributed by atoms with Crippen molar-refractivity contribution in [2.24, 2.45) is 0 Å². The molecule has 0 aliphatic rings. The average molecular weight is 755 g/mol. The first kappa shape index (κ1) is 32.0. The highest BCUT2D eigenvalue weighted by Gasteiger charge is 2.22. The van der Waals surface area contributed by atoms with Crippen molar-refractivity contribution >= 4 is 87.2 Å². The molecule has 0 spiro atoms. The molecule has 0 N–H and O–H groups in total. The van der Waals surface area contributed by atoms with Crippen LogP contribution >= 0.6 is 0 Å². The molecule has 0 aliphatic heterocycles. The quantitative estimate of drug-likeness (QED) is 0.179. The number of para-hydroxylation sites is 3.